The smallest absolute Gasteiger partial charge is 0.293 e. The van der Waals surface area contributed by atoms with Gasteiger partial charge in [0, 0.05) is 18.2 Å². The summed E-state index contributed by atoms with van der Waals surface area (Å²) in [5.74, 6) is -0.109. The van der Waals surface area contributed by atoms with Gasteiger partial charge in [-0.2, -0.15) is 13.2 Å². The molecule has 0 atom stereocenters. The van der Waals surface area contributed by atoms with Crippen molar-refractivity contribution in [2.24, 2.45) is 4.99 Å². The van der Waals surface area contributed by atoms with Crippen LogP contribution in [-0.2, 0) is 27.5 Å². The van der Waals surface area contributed by atoms with Crippen LogP contribution < -0.4 is 4.72 Å². The number of carbonyl (C=O) groups excluding carboxylic acids is 1. The fourth-order valence-corrected chi connectivity index (χ4v) is 4.60. The Morgan fingerprint density at radius 1 is 0.969 bits per heavy atom. The van der Waals surface area contributed by atoms with Gasteiger partial charge in [0.25, 0.3) is 10.0 Å². The lowest BCUT2D eigenvalue weighted by molar-refractivity contribution is -0.137. The Balaban J connectivity index is 1.61. The van der Waals surface area contributed by atoms with Crippen molar-refractivity contribution in [3.63, 3.8) is 0 Å². The molecule has 4 rings (SSSR count). The maximum atomic E-state index is 12.9. The molecule has 0 aromatic heterocycles. The van der Waals surface area contributed by atoms with E-state index >= 15 is 0 Å². The van der Waals surface area contributed by atoms with E-state index in [9.17, 15) is 26.4 Å². The summed E-state index contributed by atoms with van der Waals surface area (Å²) in [6, 6.07) is 15.6. The van der Waals surface area contributed by atoms with Crippen molar-refractivity contribution in [2.45, 2.75) is 24.5 Å². The summed E-state index contributed by atoms with van der Waals surface area (Å²) >= 11 is 0. The van der Waals surface area contributed by atoms with Gasteiger partial charge < -0.3 is 0 Å². The average Bonchev–Trinajstić information content (AvgIpc) is 3.17. The number of hydrogen-bond acceptors (Lipinski definition) is 4. The van der Waals surface area contributed by atoms with Gasteiger partial charge in [0.05, 0.1) is 17.0 Å². The number of hydrogen-bond donors (Lipinski definition) is 1. The van der Waals surface area contributed by atoms with Crippen molar-refractivity contribution in [1.29, 1.82) is 0 Å². The second-order valence-corrected chi connectivity index (χ2v) is 8.99. The summed E-state index contributed by atoms with van der Waals surface area (Å²) in [6.07, 6.45) is -4.65. The first-order valence-electron chi connectivity index (χ1n) is 9.54. The van der Waals surface area contributed by atoms with Crippen LogP contribution >= 0.6 is 0 Å². The molecule has 1 N–H and O–H groups in total. The number of aliphatic imine (C=N–C) groups is 1. The zero-order valence-corrected chi connectivity index (χ0v) is 17.6. The molecule has 0 aliphatic carbocycles. The Morgan fingerprint density at radius 3 is 2.41 bits per heavy atom. The van der Waals surface area contributed by atoms with Crippen molar-refractivity contribution < 1.29 is 26.4 Å². The number of carbonyl (C=O) groups is 1. The van der Waals surface area contributed by atoms with E-state index in [0.29, 0.717) is 23.9 Å². The molecule has 9 heteroatoms. The third-order valence-electron chi connectivity index (χ3n) is 5.02. The van der Waals surface area contributed by atoms with Gasteiger partial charge in [-0.3, -0.25) is 14.5 Å². The maximum absolute atomic E-state index is 12.9. The highest BCUT2D eigenvalue weighted by atomic mass is 32.2. The second-order valence-electron chi connectivity index (χ2n) is 7.30. The predicted octanol–water partition coefficient (Wildman–Crippen LogP) is 5.06. The molecular formula is C23H17F3N2O3S. The molecule has 0 saturated carbocycles. The number of fused-ring (bicyclic) bond motifs is 1. The number of halogens is 3. The first-order valence-corrected chi connectivity index (χ1v) is 11.0. The van der Waals surface area contributed by atoms with Gasteiger partial charge in [0.1, 0.15) is 5.71 Å². The SMILES string of the molecule is CC(=O)C1=NCc2cc(-c3cccc(NS(=O)(=O)c4cccc(C(F)(F)F)c4)c3)ccc21. The molecule has 0 unspecified atom stereocenters. The quantitative estimate of drug-likeness (QED) is 0.580. The summed E-state index contributed by atoms with van der Waals surface area (Å²) < 4.78 is 66.5. The van der Waals surface area contributed by atoms with E-state index in [2.05, 4.69) is 9.71 Å². The lowest BCUT2D eigenvalue weighted by Crippen LogP contribution is -2.14. The van der Waals surface area contributed by atoms with Crippen LogP contribution in [0.25, 0.3) is 11.1 Å². The molecule has 0 saturated heterocycles. The van der Waals surface area contributed by atoms with E-state index in [1.54, 1.807) is 24.3 Å². The molecule has 1 aliphatic heterocycles. The number of nitrogens with one attached hydrogen (secondary N) is 1. The van der Waals surface area contributed by atoms with E-state index in [-0.39, 0.29) is 11.5 Å². The van der Waals surface area contributed by atoms with E-state index in [1.165, 1.54) is 13.0 Å². The third kappa shape index (κ3) is 4.29. The highest BCUT2D eigenvalue weighted by Crippen LogP contribution is 2.32. The zero-order chi connectivity index (χ0) is 23.1. The molecular weight excluding hydrogens is 441 g/mol. The lowest BCUT2D eigenvalue weighted by Gasteiger charge is -2.12. The van der Waals surface area contributed by atoms with Crippen LogP contribution in [0.5, 0.6) is 0 Å². The number of Topliss-reactive ketones (excluding diaryl/α,β-unsaturated/α-hetero) is 1. The fraction of sp³-hybridized carbons (Fsp3) is 0.130. The molecule has 5 nitrogen and oxygen atoms in total. The van der Waals surface area contributed by atoms with Gasteiger partial charge in [0.15, 0.2) is 5.78 Å². The van der Waals surface area contributed by atoms with Gasteiger partial charge in [-0.25, -0.2) is 8.42 Å². The number of anilines is 1. The van der Waals surface area contributed by atoms with Crippen LogP contribution in [0.3, 0.4) is 0 Å². The normalized spacial score (nSPS) is 13.4. The van der Waals surface area contributed by atoms with Crippen LogP contribution in [0.4, 0.5) is 18.9 Å². The molecule has 3 aromatic rings. The number of benzene rings is 3. The van der Waals surface area contributed by atoms with E-state index in [1.807, 2.05) is 12.1 Å². The van der Waals surface area contributed by atoms with Gasteiger partial charge in [-0.15, -0.1) is 0 Å². The average molecular weight is 458 g/mol. The maximum Gasteiger partial charge on any atom is 0.416 e. The first-order chi connectivity index (χ1) is 15.0. The van der Waals surface area contributed by atoms with Crippen LogP contribution in [0.15, 0.2) is 76.6 Å². The summed E-state index contributed by atoms with van der Waals surface area (Å²) in [6.45, 7) is 1.85. The minimum atomic E-state index is -4.65. The summed E-state index contributed by atoms with van der Waals surface area (Å²) in [5.41, 5.74) is 2.78. The summed E-state index contributed by atoms with van der Waals surface area (Å²) in [7, 11) is -4.23. The summed E-state index contributed by atoms with van der Waals surface area (Å²) in [5, 5.41) is 0. The Bertz CT molecular complexity index is 1360. The topological polar surface area (TPSA) is 75.6 Å². The largest absolute Gasteiger partial charge is 0.416 e. The fourth-order valence-electron chi connectivity index (χ4n) is 3.50. The monoisotopic (exact) mass is 458 g/mol. The van der Waals surface area contributed by atoms with Crippen molar-refractivity contribution >= 4 is 27.2 Å². The third-order valence-corrected chi connectivity index (χ3v) is 6.40. The molecule has 0 amide bonds. The summed E-state index contributed by atoms with van der Waals surface area (Å²) in [4.78, 5) is 15.5. The molecule has 3 aromatic carbocycles. The molecule has 32 heavy (non-hydrogen) atoms. The van der Waals surface area contributed by atoms with Gasteiger partial charge >= 0.3 is 6.18 Å². The van der Waals surface area contributed by atoms with Crippen molar-refractivity contribution in [3.05, 3.63) is 83.4 Å². The molecule has 1 heterocycles. The van der Waals surface area contributed by atoms with Gasteiger partial charge in [-0.1, -0.05) is 30.3 Å². The van der Waals surface area contributed by atoms with Gasteiger partial charge in [-0.05, 0) is 53.1 Å². The second kappa shape index (κ2) is 7.90. The predicted molar refractivity (Wildman–Crippen MR) is 115 cm³/mol. The Morgan fingerprint density at radius 2 is 1.69 bits per heavy atom. The minimum absolute atomic E-state index is 0.109. The van der Waals surface area contributed by atoms with Gasteiger partial charge in [0.2, 0.25) is 0 Å². The highest BCUT2D eigenvalue weighted by molar-refractivity contribution is 7.92. The number of nitrogens with zero attached hydrogens (tertiary/aromatic N) is 1. The molecule has 0 spiro atoms. The van der Waals surface area contributed by atoms with E-state index in [0.717, 1.165) is 34.9 Å². The Kier molecular flexibility index (Phi) is 5.37. The number of alkyl halides is 3. The van der Waals surface area contributed by atoms with Crippen LogP contribution in [0.1, 0.15) is 23.6 Å². The van der Waals surface area contributed by atoms with Crippen LogP contribution in [-0.4, -0.2) is 19.9 Å². The van der Waals surface area contributed by atoms with E-state index < -0.39 is 26.7 Å². The zero-order valence-electron chi connectivity index (χ0n) is 16.8. The van der Waals surface area contributed by atoms with E-state index in [4.69, 9.17) is 0 Å². The minimum Gasteiger partial charge on any atom is -0.293 e. The number of ketones is 1. The molecule has 0 radical (unpaired) electrons. The van der Waals surface area contributed by atoms with Crippen molar-refractivity contribution in [3.8, 4) is 11.1 Å². The Hall–Kier alpha value is -3.46. The lowest BCUT2D eigenvalue weighted by atomic mass is 9.97. The number of sulfonamides is 1. The highest BCUT2D eigenvalue weighted by Gasteiger charge is 2.31. The molecule has 0 fully saturated rings. The standard InChI is InChI=1S/C23H17F3N2O3S/c1-14(29)22-21-9-8-16(10-17(21)13-27-22)15-4-2-6-19(11-15)28-32(30,31)20-7-3-5-18(12-20)23(24,25)26/h2-12,28H,13H2,1H3. The molecule has 164 valence electrons. The first kappa shape index (κ1) is 21.8. The number of rotatable bonds is 5. The van der Waals surface area contributed by atoms with Crippen LogP contribution in [0.2, 0.25) is 0 Å². The van der Waals surface area contributed by atoms with Crippen molar-refractivity contribution in [1.82, 2.24) is 0 Å². The Labute approximate surface area is 182 Å². The molecule has 1 aliphatic rings. The van der Waals surface area contributed by atoms with Crippen LogP contribution in [0, 0.1) is 0 Å². The molecule has 0 bridgehead atoms. The van der Waals surface area contributed by atoms with Crippen molar-refractivity contribution in [2.75, 3.05) is 4.72 Å².